The molecule has 7 heteroatoms. The monoisotopic (exact) mass is 543 g/mol. The van der Waals surface area contributed by atoms with Crippen molar-refractivity contribution in [3.63, 3.8) is 0 Å². The highest BCUT2D eigenvalue weighted by molar-refractivity contribution is 5.70. The third-order valence-electron chi connectivity index (χ3n) is 7.59. The van der Waals surface area contributed by atoms with E-state index < -0.39 is 5.97 Å². The summed E-state index contributed by atoms with van der Waals surface area (Å²) in [6, 6.07) is 16.9. The lowest BCUT2D eigenvalue weighted by atomic mass is 9.85. The van der Waals surface area contributed by atoms with Gasteiger partial charge in [-0.25, -0.2) is 9.48 Å². The number of methoxy groups -OCH3 is 1. The zero-order chi connectivity index (χ0) is 28.9. The van der Waals surface area contributed by atoms with E-state index in [-0.39, 0.29) is 23.4 Å². The molecule has 0 aliphatic heterocycles. The lowest BCUT2D eigenvalue weighted by Gasteiger charge is -2.22. The summed E-state index contributed by atoms with van der Waals surface area (Å²) in [5, 5.41) is 14.0. The van der Waals surface area contributed by atoms with E-state index in [4.69, 9.17) is 9.84 Å². The second-order valence-corrected chi connectivity index (χ2v) is 11.6. The Labute approximate surface area is 236 Å². The average molecular weight is 544 g/mol. The van der Waals surface area contributed by atoms with Crippen LogP contribution in [0.4, 0.5) is 0 Å². The molecule has 7 nitrogen and oxygen atoms in total. The molecule has 3 aromatic rings. The van der Waals surface area contributed by atoms with Gasteiger partial charge in [0.2, 0.25) is 0 Å². The highest BCUT2D eigenvalue weighted by Crippen LogP contribution is 2.33. The zero-order valence-corrected chi connectivity index (χ0v) is 24.3. The van der Waals surface area contributed by atoms with Gasteiger partial charge in [0.25, 0.3) is 0 Å². The molecule has 0 saturated carbocycles. The fraction of sp³-hybridized carbons (Fsp3) is 0.424. The number of allylic oxidation sites excluding steroid dienone is 2. The Morgan fingerprint density at radius 1 is 1.10 bits per heavy atom. The number of carbonyl (C=O) groups is 1. The second kappa shape index (κ2) is 12.5. The highest BCUT2D eigenvalue weighted by Gasteiger charge is 2.21. The molecular weight excluding hydrogens is 502 g/mol. The summed E-state index contributed by atoms with van der Waals surface area (Å²) in [6.07, 6.45) is 7.05. The van der Waals surface area contributed by atoms with Crippen LogP contribution in [0.3, 0.4) is 0 Å². The molecule has 2 aromatic carbocycles. The Kier molecular flexibility index (Phi) is 9.13. The van der Waals surface area contributed by atoms with Crippen LogP contribution in [0.1, 0.15) is 81.0 Å². The van der Waals surface area contributed by atoms with Gasteiger partial charge >= 0.3 is 11.7 Å². The number of aliphatic carboxylic acids is 1. The summed E-state index contributed by atoms with van der Waals surface area (Å²) < 4.78 is 8.74. The predicted octanol–water partition coefficient (Wildman–Crippen LogP) is 6.00. The maximum absolute atomic E-state index is 13.1. The van der Waals surface area contributed by atoms with Crippen molar-refractivity contribution in [2.45, 2.75) is 84.2 Å². The van der Waals surface area contributed by atoms with Crippen LogP contribution in [-0.2, 0) is 40.9 Å². The first-order valence-electron chi connectivity index (χ1n) is 14.1. The van der Waals surface area contributed by atoms with Crippen molar-refractivity contribution in [2.75, 3.05) is 7.11 Å². The van der Waals surface area contributed by atoms with E-state index in [1.807, 2.05) is 13.0 Å². The van der Waals surface area contributed by atoms with Gasteiger partial charge < -0.3 is 9.84 Å². The summed E-state index contributed by atoms with van der Waals surface area (Å²) >= 11 is 0. The van der Waals surface area contributed by atoms with Gasteiger partial charge in [-0.1, -0.05) is 75.4 Å². The van der Waals surface area contributed by atoms with E-state index in [0.29, 0.717) is 25.3 Å². The first kappa shape index (κ1) is 29.1. The molecule has 1 unspecified atom stereocenters. The fourth-order valence-electron chi connectivity index (χ4n) is 5.34. The molecule has 1 atom stereocenters. The molecule has 0 saturated heterocycles. The normalized spacial score (nSPS) is 15.5. The molecule has 0 fully saturated rings. The quantitative estimate of drug-likeness (QED) is 0.320. The summed E-state index contributed by atoms with van der Waals surface area (Å²) in [5.41, 5.74) is 5.55. The number of benzene rings is 2. The van der Waals surface area contributed by atoms with Crippen molar-refractivity contribution in [3.8, 4) is 0 Å². The van der Waals surface area contributed by atoms with Crippen LogP contribution in [0.25, 0.3) is 0 Å². The van der Waals surface area contributed by atoms with Gasteiger partial charge in [0, 0.05) is 18.9 Å². The van der Waals surface area contributed by atoms with Crippen molar-refractivity contribution in [1.82, 2.24) is 14.3 Å². The molecule has 1 N–H and O–H groups in total. The number of carboxylic acids is 1. The minimum Gasteiger partial charge on any atom is -0.497 e. The van der Waals surface area contributed by atoms with E-state index in [1.165, 1.54) is 16.7 Å². The Hall–Kier alpha value is -3.87. The molecule has 4 rings (SSSR count). The zero-order valence-electron chi connectivity index (χ0n) is 24.3. The van der Waals surface area contributed by atoms with Gasteiger partial charge in [0.05, 0.1) is 20.1 Å². The summed E-state index contributed by atoms with van der Waals surface area (Å²) in [7, 11) is 1.58. The number of rotatable bonds is 11. The fourth-order valence-corrected chi connectivity index (χ4v) is 5.34. The van der Waals surface area contributed by atoms with E-state index in [2.05, 4.69) is 75.4 Å². The maximum atomic E-state index is 13.1. The van der Waals surface area contributed by atoms with Gasteiger partial charge in [-0.05, 0) is 65.5 Å². The van der Waals surface area contributed by atoms with Crippen LogP contribution in [0.5, 0.6) is 0 Å². The molecule has 0 spiro atoms. The van der Waals surface area contributed by atoms with Crippen molar-refractivity contribution in [3.05, 3.63) is 111 Å². The number of hydrogen-bond donors (Lipinski definition) is 1. The minimum absolute atomic E-state index is 0.0162. The first-order valence-corrected chi connectivity index (χ1v) is 14.1. The summed E-state index contributed by atoms with van der Waals surface area (Å²) in [5.74, 6) is 0.740. The van der Waals surface area contributed by atoms with Crippen LogP contribution >= 0.6 is 0 Å². The number of aryl methyl sites for hydroxylation is 2. The number of ether oxygens (including phenoxy) is 1. The van der Waals surface area contributed by atoms with Gasteiger partial charge in [0.15, 0.2) is 0 Å². The van der Waals surface area contributed by atoms with Crippen LogP contribution in [0.15, 0.2) is 76.8 Å². The van der Waals surface area contributed by atoms with Gasteiger partial charge in [0.1, 0.15) is 11.6 Å². The number of nitrogens with zero attached hydrogens (tertiary/aromatic N) is 3. The average Bonchev–Trinajstić information content (AvgIpc) is 3.21. The van der Waals surface area contributed by atoms with Crippen molar-refractivity contribution >= 4 is 5.97 Å². The van der Waals surface area contributed by atoms with Gasteiger partial charge in [-0.3, -0.25) is 9.36 Å². The topological polar surface area (TPSA) is 86.3 Å². The first-order chi connectivity index (χ1) is 19.1. The van der Waals surface area contributed by atoms with E-state index in [1.54, 1.807) is 16.4 Å². The van der Waals surface area contributed by atoms with Crippen LogP contribution in [0, 0.1) is 0 Å². The predicted molar refractivity (Wildman–Crippen MR) is 158 cm³/mol. The molecule has 0 radical (unpaired) electrons. The molecule has 212 valence electrons. The molecule has 1 heterocycles. The molecule has 40 heavy (non-hydrogen) atoms. The van der Waals surface area contributed by atoms with Crippen LogP contribution in [-0.4, -0.2) is 32.5 Å². The largest absolute Gasteiger partial charge is 0.497 e. The van der Waals surface area contributed by atoms with Crippen molar-refractivity contribution in [1.29, 1.82) is 0 Å². The number of aromatic nitrogens is 3. The molecule has 1 aliphatic rings. The molecule has 0 amide bonds. The van der Waals surface area contributed by atoms with E-state index in [0.717, 1.165) is 36.2 Å². The molecule has 1 aromatic heterocycles. The third-order valence-corrected chi connectivity index (χ3v) is 7.59. The minimum atomic E-state index is -0.848. The third kappa shape index (κ3) is 7.00. The Morgan fingerprint density at radius 3 is 2.50 bits per heavy atom. The second-order valence-electron chi connectivity index (χ2n) is 11.6. The number of carboxylic acid groups (broad SMARTS) is 1. The molecule has 0 bridgehead atoms. The lowest BCUT2D eigenvalue weighted by molar-refractivity contribution is -0.136. The Bertz CT molecular complexity index is 1450. The van der Waals surface area contributed by atoms with Crippen molar-refractivity contribution in [2.24, 2.45) is 0 Å². The van der Waals surface area contributed by atoms with Crippen molar-refractivity contribution < 1.29 is 14.6 Å². The van der Waals surface area contributed by atoms with Crippen LogP contribution < -0.4 is 5.69 Å². The van der Waals surface area contributed by atoms with Gasteiger partial charge in [-0.2, -0.15) is 5.10 Å². The Morgan fingerprint density at radius 2 is 1.85 bits per heavy atom. The summed E-state index contributed by atoms with van der Waals surface area (Å²) in [6.45, 7) is 9.62. The number of hydrogen-bond acceptors (Lipinski definition) is 4. The molecule has 1 aliphatic carbocycles. The highest BCUT2D eigenvalue weighted by atomic mass is 16.5. The van der Waals surface area contributed by atoms with Gasteiger partial charge in [-0.15, -0.1) is 0 Å². The van der Waals surface area contributed by atoms with Crippen LogP contribution in [0.2, 0.25) is 0 Å². The van der Waals surface area contributed by atoms with E-state index in [9.17, 15) is 14.7 Å². The smallest absolute Gasteiger partial charge is 0.346 e. The standard InChI is InChI=1S/C33H41N3O4/c1-6-35-30(34-36(32(35)39)22-24-13-16-28(17-14-24)33(2,3)4)12-8-10-23-9-7-11-25(19-23)26-15-18-29(40-5)27(20-26)21-31(37)38/h7,9,11,13-19,26H,6,8,10,12,20-22H2,1-5H3,(H,37,38). The SMILES string of the molecule is CCn1c(CCCc2cccc(C3C=CC(OC)=C(CC(=O)O)C3)c2)nn(Cc2ccc(C(C)(C)C)cc2)c1=O. The molecular formula is C33H41N3O4. The Balaban J connectivity index is 1.40. The maximum Gasteiger partial charge on any atom is 0.346 e. The summed E-state index contributed by atoms with van der Waals surface area (Å²) in [4.78, 5) is 24.4. The van der Waals surface area contributed by atoms with E-state index >= 15 is 0 Å². The lowest BCUT2D eigenvalue weighted by Crippen LogP contribution is -2.25.